The number of urea groups is 1. The van der Waals surface area contributed by atoms with Crippen LogP contribution in [0.1, 0.15) is 20.3 Å². The van der Waals surface area contributed by atoms with Gasteiger partial charge in [0.05, 0.1) is 0 Å². The van der Waals surface area contributed by atoms with E-state index in [0.29, 0.717) is 13.1 Å². The third kappa shape index (κ3) is 3.90. The molecule has 7 heteroatoms. The predicted molar refractivity (Wildman–Crippen MR) is 64.0 cm³/mol. The predicted octanol–water partition coefficient (Wildman–Crippen LogP) is -0.373. The maximum Gasteiger partial charge on any atom is 0.318 e. The van der Waals surface area contributed by atoms with Crippen molar-refractivity contribution in [2.75, 3.05) is 19.6 Å². The number of nitrogens with one attached hydrogen (secondary N) is 2. The Morgan fingerprint density at radius 1 is 1.61 bits per heavy atom. The molecular formula is C11H19N3O4. The zero-order valence-corrected chi connectivity index (χ0v) is 10.6. The number of carbonyl (C=O) groups excluding carboxylic acids is 2. The Kier molecular flexibility index (Phi) is 4.94. The zero-order valence-electron chi connectivity index (χ0n) is 10.6. The van der Waals surface area contributed by atoms with Gasteiger partial charge in [0.25, 0.3) is 0 Å². The summed E-state index contributed by atoms with van der Waals surface area (Å²) in [6, 6.07) is -0.817. The van der Waals surface area contributed by atoms with Crippen molar-refractivity contribution in [2.24, 2.45) is 5.92 Å². The molecule has 0 saturated carbocycles. The molecular weight excluding hydrogens is 238 g/mol. The molecule has 0 aromatic carbocycles. The van der Waals surface area contributed by atoms with Crippen LogP contribution >= 0.6 is 0 Å². The van der Waals surface area contributed by atoms with Gasteiger partial charge < -0.3 is 20.6 Å². The highest BCUT2D eigenvalue weighted by atomic mass is 16.4. The monoisotopic (exact) mass is 257 g/mol. The summed E-state index contributed by atoms with van der Waals surface area (Å²) in [5, 5.41) is 13.9. The number of amides is 3. The van der Waals surface area contributed by atoms with E-state index >= 15 is 0 Å². The number of rotatable bonds is 4. The van der Waals surface area contributed by atoms with Crippen molar-refractivity contribution in [3.8, 4) is 0 Å². The fourth-order valence-corrected chi connectivity index (χ4v) is 1.79. The Bertz CT molecular complexity index is 345. The Balaban J connectivity index is 2.40. The molecule has 7 nitrogen and oxygen atoms in total. The molecule has 1 saturated heterocycles. The highest BCUT2D eigenvalue weighted by molar-refractivity contribution is 5.87. The highest BCUT2D eigenvalue weighted by Gasteiger charge is 2.29. The summed E-state index contributed by atoms with van der Waals surface area (Å²) in [5.41, 5.74) is 0. The lowest BCUT2D eigenvalue weighted by Gasteiger charge is -2.33. The molecule has 0 radical (unpaired) electrons. The summed E-state index contributed by atoms with van der Waals surface area (Å²) in [6.07, 6.45) is 0.0102. The van der Waals surface area contributed by atoms with E-state index in [1.165, 1.54) is 4.90 Å². The number of nitrogens with zero attached hydrogens (tertiary/aromatic N) is 1. The number of piperazine rings is 1. The molecule has 2 unspecified atom stereocenters. The van der Waals surface area contributed by atoms with E-state index in [4.69, 9.17) is 5.11 Å². The van der Waals surface area contributed by atoms with Gasteiger partial charge in [0.1, 0.15) is 6.04 Å². The lowest BCUT2D eigenvalue weighted by atomic mass is 10.1. The first kappa shape index (κ1) is 14.3. The molecule has 1 fully saturated rings. The molecule has 0 aromatic rings. The van der Waals surface area contributed by atoms with Crippen LogP contribution in [0.2, 0.25) is 0 Å². The van der Waals surface area contributed by atoms with Crippen LogP contribution in [-0.2, 0) is 9.59 Å². The second kappa shape index (κ2) is 6.23. The summed E-state index contributed by atoms with van der Waals surface area (Å²) >= 11 is 0. The zero-order chi connectivity index (χ0) is 13.7. The first-order valence-corrected chi connectivity index (χ1v) is 5.95. The van der Waals surface area contributed by atoms with Crippen LogP contribution in [0.5, 0.6) is 0 Å². The lowest BCUT2D eigenvalue weighted by molar-refractivity contribution is -0.137. The topological polar surface area (TPSA) is 98.7 Å². The quantitative estimate of drug-likeness (QED) is 0.639. The van der Waals surface area contributed by atoms with E-state index in [9.17, 15) is 14.4 Å². The molecule has 1 rings (SSSR count). The average Bonchev–Trinajstić information content (AvgIpc) is 2.29. The number of carboxylic acids is 1. The van der Waals surface area contributed by atoms with Crippen molar-refractivity contribution in [1.82, 2.24) is 15.5 Å². The number of aliphatic carboxylic acids is 1. The van der Waals surface area contributed by atoms with Crippen LogP contribution in [0, 0.1) is 5.92 Å². The van der Waals surface area contributed by atoms with E-state index in [0.717, 1.165) is 0 Å². The van der Waals surface area contributed by atoms with Crippen LogP contribution in [0.3, 0.4) is 0 Å². The van der Waals surface area contributed by atoms with Gasteiger partial charge in [-0.05, 0) is 12.8 Å². The summed E-state index contributed by atoms with van der Waals surface area (Å²) in [4.78, 5) is 35.1. The largest absolute Gasteiger partial charge is 0.481 e. The molecule has 102 valence electrons. The molecule has 1 heterocycles. The van der Waals surface area contributed by atoms with E-state index in [1.54, 1.807) is 13.8 Å². The molecule has 1 aliphatic rings. The minimum atomic E-state index is -0.887. The van der Waals surface area contributed by atoms with Gasteiger partial charge in [-0.15, -0.1) is 0 Å². The van der Waals surface area contributed by atoms with Gasteiger partial charge in [-0.25, -0.2) is 4.79 Å². The maximum atomic E-state index is 11.8. The molecule has 3 amide bonds. The first-order chi connectivity index (χ1) is 8.41. The number of hydrogen-bond acceptors (Lipinski definition) is 3. The molecule has 0 spiro atoms. The van der Waals surface area contributed by atoms with Crippen molar-refractivity contribution < 1.29 is 19.5 Å². The van der Waals surface area contributed by atoms with Crippen LogP contribution in [-0.4, -0.2) is 53.6 Å². The molecule has 0 bridgehead atoms. The minimum absolute atomic E-state index is 0.0102. The van der Waals surface area contributed by atoms with Crippen LogP contribution in [0.15, 0.2) is 0 Å². The Labute approximate surface area is 106 Å². The Morgan fingerprint density at radius 3 is 2.89 bits per heavy atom. The normalized spacial score (nSPS) is 21.1. The van der Waals surface area contributed by atoms with Crippen molar-refractivity contribution in [3.63, 3.8) is 0 Å². The Hall–Kier alpha value is -1.79. The first-order valence-electron chi connectivity index (χ1n) is 5.95. The number of hydrogen-bond donors (Lipinski definition) is 3. The van der Waals surface area contributed by atoms with Crippen molar-refractivity contribution in [1.29, 1.82) is 0 Å². The molecule has 0 aliphatic carbocycles. The minimum Gasteiger partial charge on any atom is -0.481 e. The average molecular weight is 257 g/mol. The number of carbonyl (C=O) groups is 3. The van der Waals surface area contributed by atoms with Crippen LogP contribution < -0.4 is 10.6 Å². The Morgan fingerprint density at radius 2 is 2.28 bits per heavy atom. The summed E-state index contributed by atoms with van der Waals surface area (Å²) in [6.45, 7) is 4.61. The third-order valence-corrected chi connectivity index (χ3v) is 2.88. The molecule has 18 heavy (non-hydrogen) atoms. The highest BCUT2D eigenvalue weighted by Crippen LogP contribution is 2.05. The second-order valence-corrected chi connectivity index (χ2v) is 4.55. The van der Waals surface area contributed by atoms with E-state index in [2.05, 4.69) is 10.6 Å². The van der Waals surface area contributed by atoms with Gasteiger partial charge in [-0.1, -0.05) is 6.92 Å². The van der Waals surface area contributed by atoms with E-state index in [1.807, 2.05) is 0 Å². The van der Waals surface area contributed by atoms with Gasteiger partial charge >= 0.3 is 12.0 Å². The third-order valence-electron chi connectivity index (χ3n) is 2.88. The van der Waals surface area contributed by atoms with E-state index < -0.39 is 12.0 Å². The van der Waals surface area contributed by atoms with Crippen molar-refractivity contribution in [2.45, 2.75) is 26.3 Å². The van der Waals surface area contributed by atoms with Gasteiger partial charge in [0.15, 0.2) is 0 Å². The van der Waals surface area contributed by atoms with Crippen molar-refractivity contribution >= 4 is 17.9 Å². The van der Waals surface area contributed by atoms with Gasteiger partial charge in [-0.2, -0.15) is 0 Å². The van der Waals surface area contributed by atoms with Crippen LogP contribution in [0.4, 0.5) is 4.79 Å². The van der Waals surface area contributed by atoms with Crippen molar-refractivity contribution in [3.05, 3.63) is 0 Å². The van der Waals surface area contributed by atoms with Gasteiger partial charge in [-0.3, -0.25) is 9.59 Å². The maximum absolute atomic E-state index is 11.8. The summed E-state index contributed by atoms with van der Waals surface area (Å²) < 4.78 is 0. The van der Waals surface area contributed by atoms with Gasteiger partial charge in [0, 0.05) is 26.1 Å². The SMILES string of the molecule is CC(CNC(=O)N1CCNC(=O)C1C)CC(=O)O. The van der Waals surface area contributed by atoms with Gasteiger partial charge in [0.2, 0.25) is 5.91 Å². The summed E-state index contributed by atoms with van der Waals surface area (Å²) in [5.74, 6) is -1.20. The lowest BCUT2D eigenvalue weighted by Crippen LogP contribution is -2.58. The molecule has 2 atom stereocenters. The molecule has 1 aliphatic heterocycles. The van der Waals surface area contributed by atoms with E-state index in [-0.39, 0.29) is 30.8 Å². The molecule has 0 aromatic heterocycles. The fraction of sp³-hybridized carbons (Fsp3) is 0.727. The second-order valence-electron chi connectivity index (χ2n) is 4.55. The smallest absolute Gasteiger partial charge is 0.318 e. The van der Waals surface area contributed by atoms with Crippen LogP contribution in [0.25, 0.3) is 0 Å². The fourth-order valence-electron chi connectivity index (χ4n) is 1.79. The summed E-state index contributed by atoms with van der Waals surface area (Å²) in [7, 11) is 0. The standard InChI is InChI=1S/C11H19N3O4/c1-7(5-9(15)16)6-13-11(18)14-4-3-12-10(17)8(14)2/h7-8H,3-6H2,1-2H3,(H,12,17)(H,13,18)(H,15,16). The molecule has 3 N–H and O–H groups in total. The number of carboxylic acid groups (broad SMARTS) is 1.